The number of hydrogen-bond donors (Lipinski definition) is 1. The van der Waals surface area contributed by atoms with Gasteiger partial charge in [-0.2, -0.15) is 0 Å². The summed E-state index contributed by atoms with van der Waals surface area (Å²) < 4.78 is 0. The summed E-state index contributed by atoms with van der Waals surface area (Å²) in [5.74, 6) is 0.0542. The Kier molecular flexibility index (Phi) is 4.37. The molecule has 2 rings (SSSR count). The number of carbonyl (C=O) groups is 1. The summed E-state index contributed by atoms with van der Waals surface area (Å²) in [7, 11) is 0. The molecule has 0 bridgehead atoms. The third-order valence-electron chi connectivity index (χ3n) is 2.67. The zero-order valence-electron chi connectivity index (χ0n) is 10.5. The molecule has 2 N–H and O–H groups in total. The second kappa shape index (κ2) is 6.21. The van der Waals surface area contributed by atoms with Gasteiger partial charge >= 0.3 is 0 Å². The van der Waals surface area contributed by atoms with E-state index in [1.165, 1.54) is 23.9 Å². The van der Waals surface area contributed by atoms with Crippen molar-refractivity contribution >= 4 is 23.4 Å². The number of carbonyl (C=O) groups excluding carboxylic acids is 1. The first-order chi connectivity index (χ1) is 9.58. The van der Waals surface area contributed by atoms with Crippen molar-refractivity contribution in [3.8, 4) is 0 Å². The molecule has 2 aromatic rings. The Bertz CT molecular complexity index is 658. The molecule has 0 aliphatic rings. The highest BCUT2D eigenvalue weighted by Crippen LogP contribution is 2.27. The first-order valence-corrected chi connectivity index (χ1v) is 6.81. The van der Waals surface area contributed by atoms with Gasteiger partial charge in [0.2, 0.25) is 5.91 Å². The molecule has 0 aliphatic heterocycles. The van der Waals surface area contributed by atoms with E-state index in [4.69, 9.17) is 5.73 Å². The van der Waals surface area contributed by atoms with Gasteiger partial charge in [0.1, 0.15) is 0 Å². The first kappa shape index (κ1) is 14.1. The van der Waals surface area contributed by atoms with Gasteiger partial charge in [-0.3, -0.25) is 14.9 Å². The summed E-state index contributed by atoms with van der Waals surface area (Å²) in [4.78, 5) is 22.3. The van der Waals surface area contributed by atoms with Crippen molar-refractivity contribution in [1.82, 2.24) is 0 Å². The molecule has 0 aliphatic carbocycles. The number of hydrogen-bond acceptors (Lipinski definition) is 4. The molecule has 0 saturated heterocycles. The van der Waals surface area contributed by atoms with Crippen LogP contribution in [-0.2, 0) is 5.75 Å². The smallest absolute Gasteiger partial charge is 0.269 e. The molecule has 2 aromatic carbocycles. The minimum absolute atomic E-state index is 0.0614. The molecule has 0 radical (unpaired) electrons. The van der Waals surface area contributed by atoms with E-state index in [2.05, 4.69) is 0 Å². The van der Waals surface area contributed by atoms with Crippen molar-refractivity contribution in [3.05, 3.63) is 69.8 Å². The Morgan fingerprint density at radius 1 is 1.20 bits per heavy atom. The lowest BCUT2D eigenvalue weighted by Crippen LogP contribution is -2.11. The van der Waals surface area contributed by atoms with Crippen molar-refractivity contribution in [2.45, 2.75) is 10.6 Å². The van der Waals surface area contributed by atoms with Gasteiger partial charge in [0.25, 0.3) is 5.69 Å². The standard InChI is InChI=1S/C14H12N2O3S/c15-14(17)12-6-1-2-7-13(12)20-9-10-4-3-5-11(8-10)16(18)19/h1-8H,9H2,(H2,15,17). The van der Waals surface area contributed by atoms with Crippen molar-refractivity contribution < 1.29 is 9.72 Å². The predicted molar refractivity (Wildman–Crippen MR) is 77.6 cm³/mol. The van der Waals surface area contributed by atoms with Crippen LogP contribution in [0.5, 0.6) is 0 Å². The summed E-state index contributed by atoms with van der Waals surface area (Å²) in [6, 6.07) is 13.5. The summed E-state index contributed by atoms with van der Waals surface area (Å²) >= 11 is 1.43. The number of non-ortho nitro benzene ring substituents is 1. The molecule has 0 unspecified atom stereocenters. The van der Waals surface area contributed by atoms with Gasteiger partial charge in [0.05, 0.1) is 10.5 Å². The quantitative estimate of drug-likeness (QED) is 0.520. The van der Waals surface area contributed by atoms with E-state index in [1.54, 1.807) is 18.2 Å². The highest BCUT2D eigenvalue weighted by atomic mass is 32.2. The Morgan fingerprint density at radius 2 is 1.95 bits per heavy atom. The van der Waals surface area contributed by atoms with Crippen LogP contribution in [0.3, 0.4) is 0 Å². The Hall–Kier alpha value is -2.34. The predicted octanol–water partition coefficient (Wildman–Crippen LogP) is 2.99. The van der Waals surface area contributed by atoms with E-state index in [-0.39, 0.29) is 5.69 Å². The highest BCUT2D eigenvalue weighted by Gasteiger charge is 2.09. The lowest BCUT2D eigenvalue weighted by Gasteiger charge is -2.06. The number of primary amides is 1. The van der Waals surface area contributed by atoms with Crippen LogP contribution in [0.15, 0.2) is 53.4 Å². The lowest BCUT2D eigenvalue weighted by molar-refractivity contribution is -0.384. The monoisotopic (exact) mass is 288 g/mol. The molecular weight excluding hydrogens is 276 g/mol. The molecule has 0 atom stereocenters. The maximum atomic E-state index is 11.3. The second-order valence-electron chi connectivity index (χ2n) is 4.08. The molecular formula is C14H12N2O3S. The zero-order valence-corrected chi connectivity index (χ0v) is 11.3. The molecule has 6 heteroatoms. The van der Waals surface area contributed by atoms with Crippen LogP contribution in [0.4, 0.5) is 5.69 Å². The van der Waals surface area contributed by atoms with Crippen LogP contribution in [0.25, 0.3) is 0 Å². The number of nitrogens with zero attached hydrogens (tertiary/aromatic N) is 1. The Labute approximate surface area is 119 Å². The molecule has 5 nitrogen and oxygen atoms in total. The zero-order chi connectivity index (χ0) is 14.5. The van der Waals surface area contributed by atoms with Crippen LogP contribution in [-0.4, -0.2) is 10.8 Å². The van der Waals surface area contributed by atoms with E-state index in [0.29, 0.717) is 11.3 Å². The number of nitro groups is 1. The van der Waals surface area contributed by atoms with E-state index in [1.807, 2.05) is 18.2 Å². The summed E-state index contributed by atoms with van der Waals surface area (Å²) in [6.45, 7) is 0. The van der Waals surface area contributed by atoms with Crippen LogP contribution < -0.4 is 5.73 Å². The van der Waals surface area contributed by atoms with Gasteiger partial charge in [-0.05, 0) is 17.7 Å². The maximum absolute atomic E-state index is 11.3. The Morgan fingerprint density at radius 3 is 2.65 bits per heavy atom. The van der Waals surface area contributed by atoms with Crippen molar-refractivity contribution in [1.29, 1.82) is 0 Å². The number of thioether (sulfide) groups is 1. The van der Waals surface area contributed by atoms with Crippen LogP contribution in [0.2, 0.25) is 0 Å². The number of rotatable bonds is 5. The fourth-order valence-corrected chi connectivity index (χ4v) is 2.72. The fraction of sp³-hybridized carbons (Fsp3) is 0.0714. The summed E-state index contributed by atoms with van der Waals surface area (Å²) in [5.41, 5.74) is 6.65. The van der Waals surface area contributed by atoms with E-state index >= 15 is 0 Å². The molecule has 0 fully saturated rings. The van der Waals surface area contributed by atoms with Crippen molar-refractivity contribution in [2.75, 3.05) is 0 Å². The van der Waals surface area contributed by atoms with E-state index in [9.17, 15) is 14.9 Å². The van der Waals surface area contributed by atoms with Gasteiger partial charge < -0.3 is 5.73 Å². The average Bonchev–Trinajstić information content (AvgIpc) is 2.45. The number of benzene rings is 2. The fourth-order valence-electron chi connectivity index (χ4n) is 1.72. The van der Waals surface area contributed by atoms with Crippen LogP contribution in [0, 0.1) is 10.1 Å². The molecule has 20 heavy (non-hydrogen) atoms. The average molecular weight is 288 g/mol. The molecule has 102 valence electrons. The molecule has 0 heterocycles. The van der Waals surface area contributed by atoms with E-state index < -0.39 is 10.8 Å². The van der Waals surface area contributed by atoms with Gasteiger partial charge in [-0.15, -0.1) is 11.8 Å². The molecule has 1 amide bonds. The first-order valence-electron chi connectivity index (χ1n) is 5.83. The number of nitrogens with two attached hydrogens (primary N) is 1. The third kappa shape index (κ3) is 3.36. The lowest BCUT2D eigenvalue weighted by atomic mass is 10.2. The number of nitro benzene ring substituents is 1. The normalized spacial score (nSPS) is 10.2. The molecule has 0 saturated carbocycles. The topological polar surface area (TPSA) is 86.2 Å². The largest absolute Gasteiger partial charge is 0.366 e. The minimum atomic E-state index is -0.479. The van der Waals surface area contributed by atoms with Gasteiger partial charge in [0, 0.05) is 22.8 Å². The van der Waals surface area contributed by atoms with Crippen molar-refractivity contribution in [3.63, 3.8) is 0 Å². The second-order valence-corrected chi connectivity index (χ2v) is 5.09. The Balaban J connectivity index is 2.15. The molecule has 0 spiro atoms. The maximum Gasteiger partial charge on any atom is 0.269 e. The van der Waals surface area contributed by atoms with E-state index in [0.717, 1.165) is 10.5 Å². The molecule has 0 aromatic heterocycles. The van der Waals surface area contributed by atoms with Gasteiger partial charge in [-0.25, -0.2) is 0 Å². The minimum Gasteiger partial charge on any atom is -0.366 e. The van der Waals surface area contributed by atoms with Crippen molar-refractivity contribution in [2.24, 2.45) is 5.73 Å². The third-order valence-corrected chi connectivity index (χ3v) is 3.81. The van der Waals surface area contributed by atoms with Crippen LogP contribution in [0.1, 0.15) is 15.9 Å². The number of amides is 1. The summed E-state index contributed by atoms with van der Waals surface area (Å²) in [5, 5.41) is 10.7. The highest BCUT2D eigenvalue weighted by molar-refractivity contribution is 7.98. The summed E-state index contributed by atoms with van der Waals surface area (Å²) in [6.07, 6.45) is 0. The van der Waals surface area contributed by atoms with Gasteiger partial charge in [0.15, 0.2) is 0 Å². The van der Waals surface area contributed by atoms with Gasteiger partial charge in [-0.1, -0.05) is 24.3 Å². The van der Waals surface area contributed by atoms with Crippen LogP contribution >= 0.6 is 11.8 Å². The SMILES string of the molecule is NC(=O)c1ccccc1SCc1cccc([N+](=O)[O-])c1.